The third kappa shape index (κ3) is 4.54. The Morgan fingerprint density at radius 1 is 1.36 bits per heavy atom. The average Bonchev–Trinajstić information content (AvgIpc) is 3.00. The van der Waals surface area contributed by atoms with Crippen LogP contribution in [0.4, 0.5) is 0 Å². The summed E-state index contributed by atoms with van der Waals surface area (Å²) < 4.78 is 5.52. The molecule has 0 saturated heterocycles. The van der Waals surface area contributed by atoms with Crippen LogP contribution in [-0.2, 0) is 11.2 Å². The predicted molar refractivity (Wildman–Crippen MR) is 82.4 cm³/mol. The summed E-state index contributed by atoms with van der Waals surface area (Å²) in [7, 11) is 0. The number of hydrogen-bond donors (Lipinski definition) is 2. The highest BCUT2D eigenvalue weighted by Gasteiger charge is 2.12. The molecule has 0 aliphatic rings. The Kier molecular flexibility index (Phi) is 5.91. The normalized spacial score (nSPS) is 12.1. The summed E-state index contributed by atoms with van der Waals surface area (Å²) in [6.07, 6.45) is 1.27. The number of aromatic nitrogens is 2. The molecular weight excluding hydrogens is 306 g/mol. The van der Waals surface area contributed by atoms with Crippen molar-refractivity contribution in [3.63, 3.8) is 0 Å². The van der Waals surface area contributed by atoms with Gasteiger partial charge in [0.1, 0.15) is 0 Å². The number of aliphatic hydroxyl groups is 1. The molecular formula is C15H18ClN3O3. The van der Waals surface area contributed by atoms with Gasteiger partial charge >= 0.3 is 0 Å². The Morgan fingerprint density at radius 2 is 2.09 bits per heavy atom. The van der Waals surface area contributed by atoms with Gasteiger partial charge in [-0.2, -0.15) is 0 Å². The first-order valence-electron chi connectivity index (χ1n) is 7.11. The molecule has 1 aromatic carbocycles. The van der Waals surface area contributed by atoms with Crippen LogP contribution in [0.25, 0.3) is 11.5 Å². The van der Waals surface area contributed by atoms with Gasteiger partial charge in [-0.3, -0.25) is 4.79 Å². The Balaban J connectivity index is 1.89. The Hall–Kier alpha value is -1.92. The lowest BCUT2D eigenvalue weighted by Crippen LogP contribution is -2.37. The van der Waals surface area contributed by atoms with Crippen molar-refractivity contribution in [1.82, 2.24) is 15.5 Å². The first-order valence-corrected chi connectivity index (χ1v) is 7.48. The maximum absolute atomic E-state index is 11.7. The second-order valence-electron chi connectivity index (χ2n) is 4.86. The van der Waals surface area contributed by atoms with Crippen molar-refractivity contribution < 1.29 is 14.3 Å². The van der Waals surface area contributed by atoms with Crippen LogP contribution in [0.15, 0.2) is 28.7 Å². The Labute approximate surface area is 133 Å². The molecule has 0 bridgehead atoms. The lowest BCUT2D eigenvalue weighted by molar-refractivity contribution is -0.122. The minimum absolute atomic E-state index is 0.0660. The van der Waals surface area contributed by atoms with Crippen molar-refractivity contribution in [2.75, 3.05) is 6.61 Å². The highest BCUT2D eigenvalue weighted by Crippen LogP contribution is 2.20. The van der Waals surface area contributed by atoms with E-state index in [9.17, 15) is 4.79 Å². The largest absolute Gasteiger partial charge is 0.421 e. The molecule has 1 atom stereocenters. The fourth-order valence-electron chi connectivity index (χ4n) is 1.86. The van der Waals surface area contributed by atoms with E-state index >= 15 is 0 Å². The van der Waals surface area contributed by atoms with Gasteiger partial charge in [-0.05, 0) is 30.7 Å². The maximum atomic E-state index is 11.7. The van der Waals surface area contributed by atoms with Crippen LogP contribution in [0.3, 0.4) is 0 Å². The van der Waals surface area contributed by atoms with Gasteiger partial charge in [0, 0.05) is 23.4 Å². The number of rotatable bonds is 7. The summed E-state index contributed by atoms with van der Waals surface area (Å²) in [6.45, 7) is 1.83. The molecule has 1 amide bonds. The lowest BCUT2D eigenvalue weighted by Gasteiger charge is -2.13. The molecule has 2 N–H and O–H groups in total. The minimum atomic E-state index is -0.209. The van der Waals surface area contributed by atoms with Crippen LogP contribution in [0.2, 0.25) is 5.02 Å². The quantitative estimate of drug-likeness (QED) is 0.815. The van der Waals surface area contributed by atoms with Gasteiger partial charge in [0.2, 0.25) is 17.7 Å². The molecule has 2 rings (SSSR count). The summed E-state index contributed by atoms with van der Waals surface area (Å²) in [5.74, 6) is 0.651. The fraction of sp³-hybridized carbons (Fsp3) is 0.400. The summed E-state index contributed by atoms with van der Waals surface area (Å²) in [6, 6.07) is 6.86. The van der Waals surface area contributed by atoms with Crippen molar-refractivity contribution in [3.05, 3.63) is 35.2 Å². The Morgan fingerprint density at radius 3 is 2.73 bits per heavy atom. The summed E-state index contributed by atoms with van der Waals surface area (Å²) in [4.78, 5) is 11.7. The van der Waals surface area contributed by atoms with Crippen molar-refractivity contribution in [1.29, 1.82) is 0 Å². The van der Waals surface area contributed by atoms with Crippen LogP contribution in [0.5, 0.6) is 0 Å². The number of amides is 1. The molecule has 1 unspecified atom stereocenters. The van der Waals surface area contributed by atoms with E-state index in [4.69, 9.17) is 21.1 Å². The molecule has 0 spiro atoms. The highest BCUT2D eigenvalue weighted by molar-refractivity contribution is 6.30. The van der Waals surface area contributed by atoms with Gasteiger partial charge < -0.3 is 14.8 Å². The van der Waals surface area contributed by atoms with E-state index in [0.29, 0.717) is 29.6 Å². The number of nitrogens with one attached hydrogen (secondary N) is 1. The Bertz CT molecular complexity index is 609. The number of carbonyl (C=O) groups excluding carboxylic acids is 1. The van der Waals surface area contributed by atoms with Crippen molar-refractivity contribution >= 4 is 17.5 Å². The molecule has 22 heavy (non-hydrogen) atoms. The zero-order valence-corrected chi connectivity index (χ0v) is 13.0. The number of halogens is 1. The van der Waals surface area contributed by atoms with Gasteiger partial charge in [0.05, 0.1) is 12.6 Å². The summed E-state index contributed by atoms with van der Waals surface area (Å²) in [5, 5.41) is 20.3. The topological polar surface area (TPSA) is 88.2 Å². The third-order valence-electron chi connectivity index (χ3n) is 3.20. The molecule has 7 heteroatoms. The molecule has 118 valence electrons. The SMILES string of the molecule is CCC(CO)NC(=O)CCc1nnc(-c2ccc(Cl)cc2)o1. The molecule has 1 aromatic heterocycles. The van der Waals surface area contributed by atoms with Crippen LogP contribution in [-0.4, -0.2) is 33.9 Å². The molecule has 0 fully saturated rings. The molecule has 6 nitrogen and oxygen atoms in total. The van der Waals surface area contributed by atoms with Crippen LogP contribution in [0, 0.1) is 0 Å². The zero-order chi connectivity index (χ0) is 15.9. The van der Waals surface area contributed by atoms with Crippen LogP contribution >= 0.6 is 11.6 Å². The summed E-state index contributed by atoms with van der Waals surface area (Å²) >= 11 is 5.83. The number of nitrogens with zero attached hydrogens (tertiary/aromatic N) is 2. The van der Waals surface area contributed by atoms with Gasteiger partial charge in [0.15, 0.2) is 0 Å². The minimum Gasteiger partial charge on any atom is -0.421 e. The highest BCUT2D eigenvalue weighted by atomic mass is 35.5. The van der Waals surface area contributed by atoms with E-state index < -0.39 is 0 Å². The van der Waals surface area contributed by atoms with E-state index in [0.717, 1.165) is 5.56 Å². The van der Waals surface area contributed by atoms with Gasteiger partial charge in [-0.25, -0.2) is 0 Å². The standard InChI is InChI=1S/C15H18ClN3O3/c1-2-12(9-20)17-13(21)7-8-14-18-19-15(22-14)10-3-5-11(16)6-4-10/h3-6,12,20H,2,7-9H2,1H3,(H,17,21). The second-order valence-corrected chi connectivity index (χ2v) is 5.30. The monoisotopic (exact) mass is 323 g/mol. The number of aliphatic hydroxyl groups excluding tert-OH is 1. The van der Waals surface area contributed by atoms with Crippen molar-refractivity contribution in [2.24, 2.45) is 0 Å². The molecule has 0 radical (unpaired) electrons. The number of benzene rings is 1. The van der Waals surface area contributed by atoms with Crippen LogP contribution in [0.1, 0.15) is 25.7 Å². The predicted octanol–water partition coefficient (Wildman–Crippen LogP) is 2.21. The second kappa shape index (κ2) is 7.91. The van der Waals surface area contributed by atoms with E-state index in [1.54, 1.807) is 24.3 Å². The fourth-order valence-corrected chi connectivity index (χ4v) is 1.99. The number of hydrogen-bond acceptors (Lipinski definition) is 5. The van der Waals surface area contributed by atoms with E-state index in [1.165, 1.54) is 0 Å². The maximum Gasteiger partial charge on any atom is 0.247 e. The molecule has 0 aliphatic heterocycles. The van der Waals surface area contributed by atoms with E-state index in [-0.39, 0.29) is 25.0 Å². The molecule has 0 aliphatic carbocycles. The molecule has 0 saturated carbocycles. The van der Waals surface area contributed by atoms with Gasteiger partial charge in [-0.1, -0.05) is 18.5 Å². The van der Waals surface area contributed by atoms with E-state index in [1.807, 2.05) is 6.92 Å². The van der Waals surface area contributed by atoms with Crippen molar-refractivity contribution in [2.45, 2.75) is 32.2 Å². The number of carbonyl (C=O) groups is 1. The van der Waals surface area contributed by atoms with Crippen molar-refractivity contribution in [3.8, 4) is 11.5 Å². The first kappa shape index (κ1) is 16.5. The lowest BCUT2D eigenvalue weighted by atomic mass is 10.2. The molecule has 2 aromatic rings. The van der Waals surface area contributed by atoms with Gasteiger partial charge in [-0.15, -0.1) is 10.2 Å². The average molecular weight is 324 g/mol. The smallest absolute Gasteiger partial charge is 0.247 e. The van der Waals surface area contributed by atoms with E-state index in [2.05, 4.69) is 15.5 Å². The van der Waals surface area contributed by atoms with Gasteiger partial charge in [0.25, 0.3) is 0 Å². The third-order valence-corrected chi connectivity index (χ3v) is 3.45. The zero-order valence-electron chi connectivity index (χ0n) is 12.3. The summed E-state index contributed by atoms with van der Waals surface area (Å²) in [5.41, 5.74) is 0.777. The number of aryl methyl sites for hydroxylation is 1. The molecule has 1 heterocycles. The first-order chi connectivity index (χ1) is 10.6. The van der Waals surface area contributed by atoms with Crippen LogP contribution < -0.4 is 5.32 Å².